The molecule has 0 aliphatic heterocycles. The first-order valence-corrected chi connectivity index (χ1v) is 9.94. The summed E-state index contributed by atoms with van der Waals surface area (Å²) in [5.74, 6) is 1.68. The molecule has 134 valence electrons. The third kappa shape index (κ3) is 5.23. The lowest BCUT2D eigenvalue weighted by Crippen LogP contribution is -2.83. The van der Waals surface area contributed by atoms with E-state index in [9.17, 15) is 0 Å². The normalized spacial score (nSPS) is 14.6. The highest BCUT2D eigenvalue weighted by atomic mass is 79.9. The predicted octanol–water partition coefficient (Wildman–Crippen LogP) is 4.09. The average Bonchev–Trinajstić information content (AvgIpc) is 3.15. The van der Waals surface area contributed by atoms with E-state index in [2.05, 4.69) is 63.7 Å². The fraction of sp³-hybridized carbons (Fsp3) is 0.429. The summed E-state index contributed by atoms with van der Waals surface area (Å²) in [6.45, 7) is 2.01. The lowest BCUT2D eigenvalue weighted by atomic mass is 10.1. The Balaban J connectivity index is 1.57. The smallest absolute Gasteiger partial charge is 0.175 e. The summed E-state index contributed by atoms with van der Waals surface area (Å²) in [6.07, 6.45) is 6.23. The molecule has 0 bridgehead atoms. The minimum atomic E-state index is 0.327. The lowest BCUT2D eigenvalue weighted by molar-refractivity contribution is -0.670. The Labute approximate surface area is 158 Å². The number of methoxy groups -OCH3 is 1. The van der Waals surface area contributed by atoms with Gasteiger partial charge in [0.2, 0.25) is 0 Å². The number of halogens is 1. The average molecular weight is 405 g/mol. The molecule has 0 heterocycles. The van der Waals surface area contributed by atoms with Gasteiger partial charge in [0.1, 0.15) is 6.54 Å². The van der Waals surface area contributed by atoms with Crippen LogP contribution in [-0.2, 0) is 13.0 Å². The van der Waals surface area contributed by atoms with Crippen molar-refractivity contribution in [1.29, 1.82) is 0 Å². The van der Waals surface area contributed by atoms with Crippen LogP contribution in [0.25, 0.3) is 0 Å². The number of hydrogen-bond acceptors (Lipinski definition) is 2. The summed E-state index contributed by atoms with van der Waals surface area (Å²) in [6, 6.07) is 14.9. The fourth-order valence-corrected chi connectivity index (χ4v) is 3.94. The van der Waals surface area contributed by atoms with E-state index >= 15 is 0 Å². The molecule has 0 radical (unpaired) electrons. The van der Waals surface area contributed by atoms with Crippen molar-refractivity contribution < 1.29 is 14.8 Å². The molecule has 2 N–H and O–H groups in total. The van der Waals surface area contributed by atoms with Crippen molar-refractivity contribution in [2.75, 3.05) is 13.7 Å². The van der Waals surface area contributed by atoms with Gasteiger partial charge in [0, 0.05) is 12.0 Å². The summed E-state index contributed by atoms with van der Waals surface area (Å²) in [4.78, 5) is 0. The summed E-state index contributed by atoms with van der Waals surface area (Å²) in [7, 11) is 1.71. The molecule has 0 atom stereocenters. The Morgan fingerprint density at radius 3 is 2.56 bits per heavy atom. The van der Waals surface area contributed by atoms with Gasteiger partial charge in [0.25, 0.3) is 0 Å². The first-order chi connectivity index (χ1) is 12.3. The van der Waals surface area contributed by atoms with E-state index in [0.717, 1.165) is 48.3 Å². The SMILES string of the molecule is COc1cc(C[NH2+]CCc2ccccc2)cc(Br)c1OC1CCCC1. The van der Waals surface area contributed by atoms with Gasteiger partial charge in [-0.05, 0) is 59.3 Å². The molecule has 0 aromatic heterocycles. The van der Waals surface area contributed by atoms with Gasteiger partial charge in [0.05, 0.1) is 24.2 Å². The van der Waals surface area contributed by atoms with Crippen molar-refractivity contribution in [2.24, 2.45) is 0 Å². The van der Waals surface area contributed by atoms with Gasteiger partial charge in [-0.2, -0.15) is 0 Å². The second-order valence-corrected chi connectivity index (χ2v) is 7.50. The maximum absolute atomic E-state index is 6.18. The number of benzene rings is 2. The van der Waals surface area contributed by atoms with Crippen LogP contribution in [0.5, 0.6) is 11.5 Å². The monoisotopic (exact) mass is 404 g/mol. The molecule has 0 saturated heterocycles. The van der Waals surface area contributed by atoms with Crippen molar-refractivity contribution in [2.45, 2.75) is 44.8 Å². The fourth-order valence-electron chi connectivity index (χ4n) is 3.36. The lowest BCUT2D eigenvalue weighted by Gasteiger charge is -2.18. The molecule has 4 heteroatoms. The Hall–Kier alpha value is -1.52. The second-order valence-electron chi connectivity index (χ2n) is 6.65. The first kappa shape index (κ1) is 18.3. The molecule has 1 saturated carbocycles. The maximum atomic E-state index is 6.18. The molecule has 2 aromatic rings. The Kier molecular flexibility index (Phi) is 6.76. The minimum absolute atomic E-state index is 0.327. The van der Waals surface area contributed by atoms with E-state index in [-0.39, 0.29) is 0 Å². The van der Waals surface area contributed by atoms with Gasteiger partial charge in [-0.25, -0.2) is 0 Å². The van der Waals surface area contributed by atoms with E-state index < -0.39 is 0 Å². The molecule has 3 nitrogen and oxygen atoms in total. The van der Waals surface area contributed by atoms with E-state index in [4.69, 9.17) is 9.47 Å². The molecular weight excluding hydrogens is 378 g/mol. The Morgan fingerprint density at radius 1 is 1.08 bits per heavy atom. The van der Waals surface area contributed by atoms with Crippen LogP contribution >= 0.6 is 15.9 Å². The Morgan fingerprint density at radius 2 is 1.84 bits per heavy atom. The van der Waals surface area contributed by atoms with Crippen LogP contribution in [0.4, 0.5) is 0 Å². The summed E-state index contributed by atoms with van der Waals surface area (Å²) in [5.41, 5.74) is 2.63. The molecule has 1 aliphatic carbocycles. The van der Waals surface area contributed by atoms with Crippen LogP contribution in [0.15, 0.2) is 46.9 Å². The van der Waals surface area contributed by atoms with Crippen molar-refractivity contribution in [3.05, 3.63) is 58.1 Å². The number of rotatable bonds is 8. The summed E-state index contributed by atoms with van der Waals surface area (Å²) in [5, 5.41) is 2.34. The van der Waals surface area contributed by atoms with Crippen molar-refractivity contribution in [1.82, 2.24) is 0 Å². The van der Waals surface area contributed by atoms with E-state index in [1.165, 1.54) is 24.0 Å². The summed E-state index contributed by atoms with van der Waals surface area (Å²) < 4.78 is 12.8. The van der Waals surface area contributed by atoms with Crippen molar-refractivity contribution in [3.63, 3.8) is 0 Å². The molecule has 2 aromatic carbocycles. The van der Waals surface area contributed by atoms with Crippen molar-refractivity contribution in [3.8, 4) is 11.5 Å². The standard InChI is InChI=1S/C21H26BrNO2/c1-24-20-14-17(15-23-12-11-16-7-3-2-4-8-16)13-19(22)21(20)25-18-9-5-6-10-18/h2-4,7-8,13-14,18,23H,5-6,9-12,15H2,1H3/p+1. The highest BCUT2D eigenvalue weighted by Gasteiger charge is 2.20. The van der Waals surface area contributed by atoms with Gasteiger partial charge in [-0.3, -0.25) is 0 Å². The maximum Gasteiger partial charge on any atom is 0.175 e. The molecule has 0 amide bonds. The number of quaternary nitrogens is 1. The molecular formula is C21H27BrNO2+. The predicted molar refractivity (Wildman–Crippen MR) is 104 cm³/mol. The molecule has 0 spiro atoms. The first-order valence-electron chi connectivity index (χ1n) is 9.15. The third-order valence-corrected chi connectivity index (χ3v) is 5.32. The largest absolute Gasteiger partial charge is 0.493 e. The Bertz CT molecular complexity index is 669. The quantitative estimate of drug-likeness (QED) is 0.672. The minimum Gasteiger partial charge on any atom is -0.493 e. The summed E-state index contributed by atoms with van der Waals surface area (Å²) >= 11 is 3.67. The third-order valence-electron chi connectivity index (χ3n) is 4.74. The van der Waals surface area contributed by atoms with Gasteiger partial charge >= 0.3 is 0 Å². The molecule has 0 unspecified atom stereocenters. The number of hydrogen-bond donors (Lipinski definition) is 1. The highest BCUT2D eigenvalue weighted by molar-refractivity contribution is 9.10. The molecule has 1 aliphatic rings. The van der Waals surface area contributed by atoms with Gasteiger partial charge < -0.3 is 14.8 Å². The van der Waals surface area contributed by atoms with E-state index in [1.807, 2.05) is 0 Å². The number of nitrogens with two attached hydrogens (primary N) is 1. The zero-order chi connectivity index (χ0) is 17.5. The van der Waals surface area contributed by atoms with Gasteiger partial charge in [-0.15, -0.1) is 0 Å². The zero-order valence-electron chi connectivity index (χ0n) is 14.8. The van der Waals surface area contributed by atoms with Gasteiger partial charge in [0.15, 0.2) is 11.5 Å². The van der Waals surface area contributed by atoms with Crippen LogP contribution < -0.4 is 14.8 Å². The molecule has 1 fully saturated rings. The van der Waals surface area contributed by atoms with Crippen LogP contribution in [0.1, 0.15) is 36.8 Å². The van der Waals surface area contributed by atoms with E-state index in [1.54, 1.807) is 7.11 Å². The van der Waals surface area contributed by atoms with Crippen LogP contribution in [-0.4, -0.2) is 19.8 Å². The topological polar surface area (TPSA) is 35.1 Å². The second kappa shape index (κ2) is 9.25. The highest BCUT2D eigenvalue weighted by Crippen LogP contribution is 2.39. The molecule has 3 rings (SSSR count). The number of ether oxygens (including phenoxy) is 2. The van der Waals surface area contributed by atoms with Crippen LogP contribution in [0, 0.1) is 0 Å². The van der Waals surface area contributed by atoms with Crippen molar-refractivity contribution >= 4 is 15.9 Å². The zero-order valence-corrected chi connectivity index (χ0v) is 16.4. The molecule has 25 heavy (non-hydrogen) atoms. The van der Waals surface area contributed by atoms with Crippen LogP contribution in [0.2, 0.25) is 0 Å². The van der Waals surface area contributed by atoms with Gasteiger partial charge in [-0.1, -0.05) is 30.3 Å². The van der Waals surface area contributed by atoms with E-state index in [0.29, 0.717) is 6.10 Å². The van der Waals surface area contributed by atoms with Crippen LogP contribution in [0.3, 0.4) is 0 Å².